The molecule has 0 atom stereocenters. The zero-order chi connectivity index (χ0) is 27.1. The summed E-state index contributed by atoms with van der Waals surface area (Å²) in [6, 6.07) is 23.3. The fourth-order valence-corrected chi connectivity index (χ4v) is 3.83. The van der Waals surface area contributed by atoms with Gasteiger partial charge < -0.3 is 14.6 Å². The van der Waals surface area contributed by atoms with Crippen LogP contribution in [0.15, 0.2) is 97.2 Å². The molecule has 5 nitrogen and oxygen atoms in total. The molecular weight excluding hydrogens is 495 g/mol. The third-order valence-electron chi connectivity index (χ3n) is 5.71. The van der Waals surface area contributed by atoms with Crippen molar-refractivity contribution in [2.45, 2.75) is 13.1 Å². The monoisotopic (exact) mass is 519 g/mol. The molecule has 1 heterocycles. The lowest BCUT2D eigenvalue weighted by atomic mass is 9.95. The van der Waals surface area contributed by atoms with Crippen molar-refractivity contribution in [3.63, 3.8) is 0 Å². The van der Waals surface area contributed by atoms with E-state index in [2.05, 4.69) is 4.98 Å². The number of carboxylic acid groups (broad SMARTS) is 1. The molecular formula is C30H24F3NO4. The first-order chi connectivity index (χ1) is 18.2. The molecule has 38 heavy (non-hydrogen) atoms. The molecule has 0 bridgehead atoms. The number of hydrogen-bond acceptors (Lipinski definition) is 4. The minimum atomic E-state index is -4.42. The fraction of sp³-hybridized carbons (Fsp3) is 0.133. The van der Waals surface area contributed by atoms with Crippen LogP contribution in [0.5, 0.6) is 11.5 Å². The molecule has 4 rings (SSSR count). The number of benzene rings is 3. The van der Waals surface area contributed by atoms with E-state index in [0.717, 1.165) is 29.0 Å². The van der Waals surface area contributed by atoms with Crippen LogP contribution in [0.25, 0.3) is 16.8 Å². The highest BCUT2D eigenvalue weighted by Crippen LogP contribution is 2.32. The lowest BCUT2D eigenvalue weighted by Gasteiger charge is -2.13. The number of nitrogens with zero attached hydrogens (tertiary/aromatic N) is 1. The van der Waals surface area contributed by atoms with Gasteiger partial charge in [-0.3, -0.25) is 4.98 Å². The quantitative estimate of drug-likeness (QED) is 0.257. The van der Waals surface area contributed by atoms with E-state index in [1.807, 2.05) is 48.5 Å². The van der Waals surface area contributed by atoms with Crippen LogP contribution in [-0.2, 0) is 11.0 Å². The molecule has 0 aliphatic heterocycles. The van der Waals surface area contributed by atoms with Gasteiger partial charge in [-0.25, -0.2) is 4.79 Å². The van der Waals surface area contributed by atoms with Gasteiger partial charge in [-0.15, -0.1) is 0 Å². The number of rotatable bonds is 9. The topological polar surface area (TPSA) is 68.7 Å². The van der Waals surface area contributed by atoms with E-state index >= 15 is 0 Å². The largest absolute Gasteiger partial charge is 0.489 e. The highest BCUT2D eigenvalue weighted by atomic mass is 19.4. The minimum absolute atomic E-state index is 0.146. The van der Waals surface area contributed by atoms with Crippen molar-refractivity contribution < 1.29 is 32.5 Å². The summed E-state index contributed by atoms with van der Waals surface area (Å²) in [5.74, 6) is -0.0915. The van der Waals surface area contributed by atoms with Crippen molar-refractivity contribution in [2.24, 2.45) is 0 Å². The third kappa shape index (κ3) is 6.79. The van der Waals surface area contributed by atoms with Gasteiger partial charge in [0.05, 0.1) is 11.3 Å². The summed E-state index contributed by atoms with van der Waals surface area (Å²) in [5.41, 5.74) is 3.85. The third-order valence-corrected chi connectivity index (χ3v) is 5.71. The van der Waals surface area contributed by atoms with Crippen LogP contribution < -0.4 is 9.47 Å². The van der Waals surface area contributed by atoms with Gasteiger partial charge in [0.25, 0.3) is 0 Å². The minimum Gasteiger partial charge on any atom is -0.489 e. The van der Waals surface area contributed by atoms with Crippen LogP contribution in [0, 0.1) is 6.92 Å². The van der Waals surface area contributed by atoms with Crippen LogP contribution in [0.3, 0.4) is 0 Å². The molecule has 3 aromatic carbocycles. The van der Waals surface area contributed by atoms with Gasteiger partial charge in [0.1, 0.15) is 18.1 Å². The second kappa shape index (κ2) is 11.6. The number of halogens is 3. The van der Waals surface area contributed by atoms with Gasteiger partial charge in [0, 0.05) is 11.8 Å². The van der Waals surface area contributed by atoms with Gasteiger partial charge in [0.15, 0.2) is 6.61 Å². The molecule has 0 aliphatic rings. The highest BCUT2D eigenvalue weighted by Gasteiger charge is 2.30. The Morgan fingerprint density at radius 1 is 0.921 bits per heavy atom. The predicted octanol–water partition coefficient (Wildman–Crippen LogP) is 7.05. The predicted molar refractivity (Wildman–Crippen MR) is 138 cm³/mol. The standard InChI is InChI=1S/C30H24F3NO4/c1-20-18-25(13-14-28(20)38-19-29(35)36)37-17-15-26(22-9-11-24(12-10-22)30(31,32)33)21-5-7-23(8-6-21)27-4-2-3-16-34-27/h2-16,18H,17,19H2,1H3,(H,35,36)/b26-15+. The van der Waals surface area contributed by atoms with E-state index in [9.17, 15) is 18.0 Å². The molecule has 1 aromatic heterocycles. The Balaban J connectivity index is 1.58. The summed E-state index contributed by atoms with van der Waals surface area (Å²) in [6.45, 7) is 1.48. The lowest BCUT2D eigenvalue weighted by Crippen LogP contribution is -2.10. The van der Waals surface area contributed by atoms with E-state index < -0.39 is 24.3 Å². The molecule has 0 unspecified atom stereocenters. The first-order valence-corrected chi connectivity index (χ1v) is 11.7. The fourth-order valence-electron chi connectivity index (χ4n) is 3.83. The summed E-state index contributed by atoms with van der Waals surface area (Å²) in [6.07, 6.45) is -0.906. The molecule has 0 aliphatic carbocycles. The number of aryl methyl sites for hydroxylation is 1. The van der Waals surface area contributed by atoms with Gasteiger partial charge in [0.2, 0.25) is 0 Å². The van der Waals surface area contributed by atoms with Gasteiger partial charge >= 0.3 is 12.1 Å². The number of aliphatic carboxylic acids is 1. The number of alkyl halides is 3. The highest BCUT2D eigenvalue weighted by molar-refractivity contribution is 5.81. The van der Waals surface area contributed by atoms with E-state index in [1.165, 1.54) is 12.1 Å². The van der Waals surface area contributed by atoms with Gasteiger partial charge in [-0.1, -0.05) is 42.5 Å². The molecule has 0 spiro atoms. The van der Waals surface area contributed by atoms with Crippen molar-refractivity contribution in [1.29, 1.82) is 0 Å². The van der Waals surface area contributed by atoms with Gasteiger partial charge in [-0.2, -0.15) is 13.2 Å². The molecule has 0 saturated heterocycles. The number of pyridine rings is 1. The first-order valence-electron chi connectivity index (χ1n) is 11.7. The summed E-state index contributed by atoms with van der Waals surface area (Å²) in [5, 5.41) is 8.79. The first kappa shape index (κ1) is 26.5. The zero-order valence-corrected chi connectivity index (χ0v) is 20.4. The van der Waals surface area contributed by atoms with Gasteiger partial charge in [-0.05, 0) is 77.7 Å². The Labute approximate surface area is 217 Å². The van der Waals surface area contributed by atoms with Crippen LogP contribution in [0.4, 0.5) is 13.2 Å². The Kier molecular flexibility index (Phi) is 8.11. The number of ether oxygens (including phenoxy) is 2. The normalized spacial score (nSPS) is 11.7. The number of carbonyl (C=O) groups is 1. The van der Waals surface area contributed by atoms with Crippen LogP contribution >= 0.6 is 0 Å². The molecule has 194 valence electrons. The second-order valence-electron chi connectivity index (χ2n) is 8.41. The Hall–Kier alpha value is -4.59. The van der Waals surface area contributed by atoms with Crippen LogP contribution in [0.2, 0.25) is 0 Å². The maximum Gasteiger partial charge on any atom is 0.416 e. The maximum absolute atomic E-state index is 13.1. The Morgan fingerprint density at radius 3 is 2.18 bits per heavy atom. The summed E-state index contributed by atoms with van der Waals surface area (Å²) < 4.78 is 50.4. The number of hydrogen-bond donors (Lipinski definition) is 1. The number of carboxylic acids is 1. The SMILES string of the molecule is Cc1cc(OC/C=C(\c2ccc(-c3ccccn3)cc2)c2ccc(C(F)(F)F)cc2)ccc1OCC(=O)O. The Bertz CT molecular complexity index is 1420. The van der Waals surface area contributed by atoms with Crippen molar-refractivity contribution in [2.75, 3.05) is 13.2 Å². The maximum atomic E-state index is 13.1. The number of aromatic nitrogens is 1. The molecule has 4 aromatic rings. The average Bonchev–Trinajstić information content (AvgIpc) is 2.91. The van der Waals surface area contributed by atoms with Crippen molar-refractivity contribution in [3.05, 3.63) is 119 Å². The summed E-state index contributed by atoms with van der Waals surface area (Å²) in [4.78, 5) is 15.1. The van der Waals surface area contributed by atoms with Crippen molar-refractivity contribution in [1.82, 2.24) is 4.98 Å². The van der Waals surface area contributed by atoms with Crippen molar-refractivity contribution >= 4 is 11.5 Å². The van der Waals surface area contributed by atoms with E-state index in [0.29, 0.717) is 28.2 Å². The summed E-state index contributed by atoms with van der Waals surface area (Å²) in [7, 11) is 0. The van der Waals surface area contributed by atoms with Crippen LogP contribution in [0.1, 0.15) is 22.3 Å². The van der Waals surface area contributed by atoms with Crippen LogP contribution in [-0.4, -0.2) is 29.3 Å². The molecule has 0 radical (unpaired) electrons. The smallest absolute Gasteiger partial charge is 0.416 e. The molecule has 0 fully saturated rings. The molecule has 8 heteroatoms. The van der Waals surface area contributed by atoms with Crippen molar-refractivity contribution in [3.8, 4) is 22.8 Å². The molecule has 0 saturated carbocycles. The average molecular weight is 520 g/mol. The lowest BCUT2D eigenvalue weighted by molar-refractivity contribution is -0.139. The second-order valence-corrected chi connectivity index (χ2v) is 8.41. The van der Waals surface area contributed by atoms with E-state index in [-0.39, 0.29) is 6.61 Å². The Morgan fingerprint density at radius 2 is 1.61 bits per heavy atom. The molecule has 0 amide bonds. The van der Waals surface area contributed by atoms with E-state index in [4.69, 9.17) is 14.6 Å². The summed E-state index contributed by atoms with van der Waals surface area (Å²) >= 11 is 0. The zero-order valence-electron chi connectivity index (χ0n) is 20.4. The van der Waals surface area contributed by atoms with E-state index in [1.54, 1.807) is 31.3 Å². The molecule has 1 N–H and O–H groups in total.